The predicted molar refractivity (Wildman–Crippen MR) is 128 cm³/mol. The van der Waals surface area contributed by atoms with Crippen LogP contribution in [0.1, 0.15) is 109 Å². The molecule has 5 heteroatoms. The van der Waals surface area contributed by atoms with Crippen molar-refractivity contribution in [1.82, 2.24) is 19.8 Å². The summed E-state index contributed by atoms with van der Waals surface area (Å²) in [6.45, 7) is 13.0. The summed E-state index contributed by atoms with van der Waals surface area (Å²) in [5, 5.41) is 8.06. The second-order valence-corrected chi connectivity index (χ2v) is 10.5. The summed E-state index contributed by atoms with van der Waals surface area (Å²) in [6, 6.07) is 1.71. The highest BCUT2D eigenvalue weighted by molar-refractivity contribution is 5.11. The summed E-state index contributed by atoms with van der Waals surface area (Å²) in [5.74, 6) is 2.15. The molecule has 0 unspecified atom stereocenters. The van der Waals surface area contributed by atoms with Crippen molar-refractivity contribution >= 4 is 0 Å². The van der Waals surface area contributed by atoms with Crippen LogP contribution in [0.25, 0.3) is 0 Å². The lowest BCUT2D eigenvalue weighted by atomic mass is 9.90. The minimum Gasteiger partial charge on any atom is -0.394 e. The molecule has 3 heterocycles. The molecule has 3 aliphatic rings. The Morgan fingerprint density at radius 1 is 0.742 bits per heavy atom. The highest BCUT2D eigenvalue weighted by atomic mass is 16.3. The van der Waals surface area contributed by atoms with Crippen molar-refractivity contribution in [2.75, 3.05) is 26.2 Å². The van der Waals surface area contributed by atoms with Gasteiger partial charge in [-0.3, -0.25) is 0 Å². The highest BCUT2D eigenvalue weighted by Gasteiger charge is 2.31. The van der Waals surface area contributed by atoms with Crippen molar-refractivity contribution < 1.29 is 5.11 Å². The molecule has 3 fully saturated rings. The lowest BCUT2D eigenvalue weighted by Crippen LogP contribution is -2.50. The van der Waals surface area contributed by atoms with Gasteiger partial charge in [-0.05, 0) is 90.0 Å². The first-order chi connectivity index (χ1) is 14.9. The van der Waals surface area contributed by atoms with E-state index in [2.05, 4.69) is 33.6 Å². The van der Waals surface area contributed by atoms with Crippen LogP contribution in [0.15, 0.2) is 12.4 Å². The van der Waals surface area contributed by atoms with Crippen molar-refractivity contribution in [1.29, 1.82) is 0 Å². The van der Waals surface area contributed by atoms with E-state index in [0.29, 0.717) is 11.8 Å². The predicted octanol–water partition coefficient (Wildman–Crippen LogP) is 4.96. The zero-order valence-corrected chi connectivity index (χ0v) is 20.5. The average Bonchev–Trinajstić information content (AvgIpc) is 2.80. The highest BCUT2D eigenvalue weighted by Crippen LogP contribution is 2.31. The summed E-state index contributed by atoms with van der Waals surface area (Å²) >= 11 is 0. The Kier molecular flexibility index (Phi) is 9.73. The number of likely N-dealkylation sites (tertiary alicyclic amines) is 2. The molecule has 2 saturated heterocycles. The molecule has 0 amide bonds. The lowest BCUT2D eigenvalue weighted by Gasteiger charge is -2.44. The standard InChI is InChI=1S/C23H38N4.C3H8O/c1-18(2)20-16-24-23(25-17-20)19-8-12-26(13-9-19)22-10-14-27(15-11-22)21-6-4-3-5-7-21;1-3(2)4/h16-19,21-22H,3-15H2,1-2H3;3-4H,1-2H3. The molecule has 0 bridgehead atoms. The van der Waals surface area contributed by atoms with Gasteiger partial charge in [-0.2, -0.15) is 0 Å². The number of aliphatic hydroxyl groups excluding tert-OH is 1. The number of piperidine rings is 2. The van der Waals surface area contributed by atoms with Crippen LogP contribution in [-0.4, -0.2) is 69.2 Å². The number of nitrogens with zero attached hydrogens (tertiary/aromatic N) is 4. The molecule has 1 aromatic heterocycles. The Labute approximate surface area is 190 Å². The van der Waals surface area contributed by atoms with Crippen LogP contribution >= 0.6 is 0 Å². The molecule has 0 aromatic carbocycles. The summed E-state index contributed by atoms with van der Waals surface area (Å²) in [5.41, 5.74) is 1.25. The number of rotatable bonds is 4. The van der Waals surface area contributed by atoms with E-state index in [4.69, 9.17) is 5.11 Å². The molecule has 2 aliphatic heterocycles. The van der Waals surface area contributed by atoms with E-state index in [9.17, 15) is 0 Å². The van der Waals surface area contributed by atoms with E-state index < -0.39 is 0 Å². The van der Waals surface area contributed by atoms with E-state index in [0.717, 1.165) is 17.9 Å². The van der Waals surface area contributed by atoms with Crippen LogP contribution in [-0.2, 0) is 0 Å². The number of aliphatic hydroxyl groups is 1. The molecular weight excluding hydrogens is 384 g/mol. The van der Waals surface area contributed by atoms with Gasteiger partial charge in [0, 0.05) is 36.5 Å². The quantitative estimate of drug-likeness (QED) is 0.731. The van der Waals surface area contributed by atoms with Gasteiger partial charge in [-0.1, -0.05) is 33.1 Å². The Morgan fingerprint density at radius 2 is 1.19 bits per heavy atom. The van der Waals surface area contributed by atoms with Crippen LogP contribution in [0.2, 0.25) is 0 Å². The first-order valence-corrected chi connectivity index (χ1v) is 12.9. The average molecular weight is 431 g/mol. The van der Waals surface area contributed by atoms with Crippen molar-refractivity contribution in [3.8, 4) is 0 Å². The maximum absolute atomic E-state index is 8.06. The Balaban J connectivity index is 0.000000628. The normalized spacial score (nSPS) is 23.2. The van der Waals surface area contributed by atoms with Gasteiger partial charge < -0.3 is 14.9 Å². The third kappa shape index (κ3) is 7.50. The first kappa shape index (κ1) is 24.6. The van der Waals surface area contributed by atoms with Gasteiger partial charge in [-0.25, -0.2) is 9.97 Å². The zero-order valence-electron chi connectivity index (χ0n) is 20.5. The third-order valence-corrected chi connectivity index (χ3v) is 7.36. The van der Waals surface area contributed by atoms with Crippen molar-refractivity contribution in [3.63, 3.8) is 0 Å². The number of hydrogen-bond acceptors (Lipinski definition) is 5. The van der Waals surface area contributed by atoms with Crippen molar-refractivity contribution in [2.24, 2.45) is 0 Å². The second-order valence-electron chi connectivity index (χ2n) is 10.5. The molecule has 0 atom stereocenters. The fourth-order valence-corrected chi connectivity index (χ4v) is 5.44. The van der Waals surface area contributed by atoms with Crippen molar-refractivity contribution in [2.45, 2.75) is 116 Å². The Morgan fingerprint density at radius 3 is 1.68 bits per heavy atom. The first-order valence-electron chi connectivity index (χ1n) is 12.9. The van der Waals surface area contributed by atoms with Gasteiger partial charge in [-0.15, -0.1) is 0 Å². The lowest BCUT2D eigenvalue weighted by molar-refractivity contribution is 0.0581. The maximum Gasteiger partial charge on any atom is 0.131 e. The molecule has 0 radical (unpaired) electrons. The summed E-state index contributed by atoms with van der Waals surface area (Å²) in [4.78, 5) is 15.0. The van der Waals surface area contributed by atoms with Crippen molar-refractivity contribution in [3.05, 3.63) is 23.8 Å². The monoisotopic (exact) mass is 430 g/mol. The second kappa shape index (κ2) is 12.3. The molecule has 176 valence electrons. The number of aromatic nitrogens is 2. The summed E-state index contributed by atoms with van der Waals surface area (Å²) in [7, 11) is 0. The van der Waals surface area contributed by atoms with Gasteiger partial charge in [0.05, 0.1) is 0 Å². The van der Waals surface area contributed by atoms with Crippen LogP contribution in [0, 0.1) is 0 Å². The SMILES string of the molecule is CC(C)O.CC(C)c1cnc(C2CCN(C3CCN(C4CCCCC4)CC3)CC2)nc1. The van der Waals surface area contributed by atoms with E-state index in [-0.39, 0.29) is 6.10 Å². The largest absolute Gasteiger partial charge is 0.394 e. The Bertz CT molecular complexity index is 608. The molecule has 1 N–H and O–H groups in total. The summed E-state index contributed by atoms with van der Waals surface area (Å²) in [6.07, 6.45) is 16.4. The van der Waals surface area contributed by atoms with Gasteiger partial charge in [0.15, 0.2) is 0 Å². The van der Waals surface area contributed by atoms with Gasteiger partial charge in [0.25, 0.3) is 0 Å². The number of hydrogen-bond donors (Lipinski definition) is 1. The van der Waals surface area contributed by atoms with Gasteiger partial charge in [0.2, 0.25) is 0 Å². The van der Waals surface area contributed by atoms with E-state index >= 15 is 0 Å². The third-order valence-electron chi connectivity index (χ3n) is 7.36. The molecule has 1 aromatic rings. The maximum atomic E-state index is 8.06. The Hall–Kier alpha value is -1.04. The van der Waals surface area contributed by atoms with Crippen LogP contribution in [0.4, 0.5) is 0 Å². The molecule has 31 heavy (non-hydrogen) atoms. The molecule has 0 spiro atoms. The smallest absolute Gasteiger partial charge is 0.131 e. The van der Waals surface area contributed by atoms with Crippen LogP contribution in [0.3, 0.4) is 0 Å². The van der Waals surface area contributed by atoms with E-state index in [1.165, 1.54) is 89.5 Å². The van der Waals surface area contributed by atoms with Gasteiger partial charge >= 0.3 is 0 Å². The minimum atomic E-state index is -0.167. The van der Waals surface area contributed by atoms with Gasteiger partial charge in [0.1, 0.15) is 5.82 Å². The molecule has 5 nitrogen and oxygen atoms in total. The molecule has 4 rings (SSSR count). The van der Waals surface area contributed by atoms with E-state index in [1.807, 2.05) is 12.4 Å². The molecule has 1 aliphatic carbocycles. The molecular formula is C26H46N4O. The molecule has 1 saturated carbocycles. The van der Waals surface area contributed by atoms with E-state index in [1.54, 1.807) is 13.8 Å². The minimum absolute atomic E-state index is 0.167. The van der Waals surface area contributed by atoms with Crippen LogP contribution < -0.4 is 0 Å². The zero-order chi connectivity index (χ0) is 22.2. The van der Waals surface area contributed by atoms with Crippen LogP contribution in [0.5, 0.6) is 0 Å². The topological polar surface area (TPSA) is 52.5 Å². The fourth-order valence-electron chi connectivity index (χ4n) is 5.44. The summed E-state index contributed by atoms with van der Waals surface area (Å²) < 4.78 is 0. The fraction of sp³-hybridized carbons (Fsp3) is 0.846.